The zero-order valence-corrected chi connectivity index (χ0v) is 10.9. The molecule has 19 heavy (non-hydrogen) atoms. The zero-order valence-electron chi connectivity index (χ0n) is 10.9. The number of amides is 2. The number of ether oxygens (including phenoxy) is 1. The fraction of sp³-hybridized carbons (Fsp3) is 0.308. The smallest absolute Gasteiger partial charge is 0.325 e. The van der Waals surface area contributed by atoms with Gasteiger partial charge in [0.05, 0.1) is 6.61 Å². The molecule has 2 N–H and O–H groups in total. The first-order valence-corrected chi connectivity index (χ1v) is 5.84. The van der Waals surface area contributed by atoms with Gasteiger partial charge in [0.2, 0.25) is 5.91 Å². The van der Waals surface area contributed by atoms with Crippen molar-refractivity contribution in [3.05, 3.63) is 29.8 Å². The Kier molecular flexibility index (Phi) is 5.53. The second-order valence-corrected chi connectivity index (χ2v) is 3.75. The Balaban J connectivity index is 2.61. The van der Waals surface area contributed by atoms with Crippen molar-refractivity contribution < 1.29 is 19.1 Å². The highest BCUT2D eigenvalue weighted by Gasteiger charge is 2.09. The molecule has 1 aromatic carbocycles. The molecule has 0 saturated heterocycles. The van der Waals surface area contributed by atoms with Crippen LogP contribution in [0.4, 0.5) is 5.69 Å². The van der Waals surface area contributed by atoms with E-state index in [9.17, 15) is 14.4 Å². The predicted octanol–water partition coefficient (Wildman–Crippen LogP) is 0.938. The summed E-state index contributed by atoms with van der Waals surface area (Å²) in [5.41, 5.74) is 0.881. The molecule has 0 unspecified atom stereocenters. The number of nitrogens with one attached hydrogen (secondary N) is 2. The minimum atomic E-state index is -0.492. The summed E-state index contributed by atoms with van der Waals surface area (Å²) in [5, 5.41) is 5.01. The standard InChI is InChI=1S/C13H16N2O4/c1-3-19-12(17)8-14-13(18)10-5-4-6-11(7-10)15-9(2)16/h4-7H,3,8H2,1-2H3,(H,14,18)(H,15,16). The van der Waals surface area contributed by atoms with Crippen molar-refractivity contribution in [2.24, 2.45) is 0 Å². The van der Waals surface area contributed by atoms with E-state index in [0.29, 0.717) is 11.3 Å². The van der Waals surface area contributed by atoms with Gasteiger partial charge in [0, 0.05) is 18.2 Å². The number of benzene rings is 1. The maximum atomic E-state index is 11.8. The van der Waals surface area contributed by atoms with Crippen LogP contribution in [0.15, 0.2) is 24.3 Å². The number of carbonyl (C=O) groups is 3. The molecule has 6 heteroatoms. The monoisotopic (exact) mass is 264 g/mol. The van der Waals surface area contributed by atoms with Gasteiger partial charge in [-0.15, -0.1) is 0 Å². The van der Waals surface area contributed by atoms with E-state index < -0.39 is 11.9 Å². The van der Waals surface area contributed by atoms with Crippen LogP contribution in [0.3, 0.4) is 0 Å². The lowest BCUT2D eigenvalue weighted by molar-refractivity contribution is -0.141. The molecule has 0 atom stereocenters. The molecule has 0 aliphatic heterocycles. The molecule has 0 saturated carbocycles. The first kappa shape index (κ1) is 14.7. The van der Waals surface area contributed by atoms with Gasteiger partial charge < -0.3 is 15.4 Å². The van der Waals surface area contributed by atoms with Crippen LogP contribution in [-0.4, -0.2) is 30.9 Å². The number of hydrogen-bond donors (Lipinski definition) is 2. The molecule has 1 rings (SSSR count). The van der Waals surface area contributed by atoms with Gasteiger partial charge in [0.1, 0.15) is 6.54 Å². The molecule has 0 spiro atoms. The van der Waals surface area contributed by atoms with E-state index in [0.717, 1.165) is 0 Å². The van der Waals surface area contributed by atoms with E-state index in [1.165, 1.54) is 13.0 Å². The zero-order chi connectivity index (χ0) is 14.3. The lowest BCUT2D eigenvalue weighted by Crippen LogP contribution is -2.30. The number of hydrogen-bond acceptors (Lipinski definition) is 4. The fourth-order valence-electron chi connectivity index (χ4n) is 1.41. The molecule has 1 aromatic rings. The second kappa shape index (κ2) is 7.15. The number of carbonyl (C=O) groups excluding carboxylic acids is 3. The Hall–Kier alpha value is -2.37. The highest BCUT2D eigenvalue weighted by atomic mass is 16.5. The summed E-state index contributed by atoms with van der Waals surface area (Å²) in [6, 6.07) is 6.43. The van der Waals surface area contributed by atoms with Crippen molar-refractivity contribution in [2.75, 3.05) is 18.5 Å². The van der Waals surface area contributed by atoms with E-state index >= 15 is 0 Å². The Labute approximate surface area is 111 Å². The Morgan fingerprint density at radius 3 is 2.63 bits per heavy atom. The lowest BCUT2D eigenvalue weighted by atomic mass is 10.2. The third kappa shape index (κ3) is 5.20. The third-order valence-electron chi connectivity index (χ3n) is 2.14. The summed E-state index contributed by atoms with van der Waals surface area (Å²) >= 11 is 0. The molecule has 0 aromatic heterocycles. The summed E-state index contributed by atoms with van der Waals surface area (Å²) in [7, 11) is 0. The number of esters is 1. The molecule has 0 aliphatic rings. The highest BCUT2D eigenvalue weighted by Crippen LogP contribution is 2.10. The van der Waals surface area contributed by atoms with Crippen LogP contribution in [-0.2, 0) is 14.3 Å². The van der Waals surface area contributed by atoms with E-state index in [1.807, 2.05) is 0 Å². The maximum absolute atomic E-state index is 11.8. The molecule has 0 heterocycles. The SMILES string of the molecule is CCOC(=O)CNC(=O)c1cccc(NC(C)=O)c1. The summed E-state index contributed by atoms with van der Waals surface area (Å²) < 4.78 is 4.69. The van der Waals surface area contributed by atoms with Crippen LogP contribution in [0, 0.1) is 0 Å². The summed E-state index contributed by atoms with van der Waals surface area (Å²) in [6.07, 6.45) is 0. The van der Waals surface area contributed by atoms with Gasteiger partial charge in [-0.25, -0.2) is 0 Å². The van der Waals surface area contributed by atoms with Gasteiger partial charge in [0.15, 0.2) is 0 Å². The minimum absolute atomic E-state index is 0.183. The van der Waals surface area contributed by atoms with Crippen molar-refractivity contribution in [2.45, 2.75) is 13.8 Å². The van der Waals surface area contributed by atoms with E-state index in [-0.39, 0.29) is 19.1 Å². The minimum Gasteiger partial charge on any atom is -0.465 e. The number of anilines is 1. The van der Waals surface area contributed by atoms with Gasteiger partial charge in [-0.1, -0.05) is 6.07 Å². The van der Waals surface area contributed by atoms with Crippen molar-refractivity contribution in [3.8, 4) is 0 Å². The highest BCUT2D eigenvalue weighted by molar-refractivity contribution is 5.98. The Morgan fingerprint density at radius 2 is 2.00 bits per heavy atom. The van der Waals surface area contributed by atoms with Crippen molar-refractivity contribution >= 4 is 23.5 Å². The molecule has 0 fully saturated rings. The van der Waals surface area contributed by atoms with Crippen LogP contribution in [0.1, 0.15) is 24.2 Å². The van der Waals surface area contributed by atoms with Crippen molar-refractivity contribution in [1.29, 1.82) is 0 Å². The largest absolute Gasteiger partial charge is 0.465 e. The quantitative estimate of drug-likeness (QED) is 0.775. The average molecular weight is 264 g/mol. The topological polar surface area (TPSA) is 84.5 Å². The predicted molar refractivity (Wildman–Crippen MR) is 69.7 cm³/mol. The summed E-state index contributed by atoms with van der Waals surface area (Å²) in [4.78, 5) is 33.8. The molecule has 6 nitrogen and oxygen atoms in total. The Bertz CT molecular complexity index is 485. The molecular weight excluding hydrogens is 248 g/mol. The molecule has 0 radical (unpaired) electrons. The van der Waals surface area contributed by atoms with Crippen LogP contribution in [0.5, 0.6) is 0 Å². The van der Waals surface area contributed by atoms with Gasteiger partial charge in [-0.2, -0.15) is 0 Å². The first-order chi connectivity index (χ1) is 9.02. The van der Waals surface area contributed by atoms with Gasteiger partial charge in [-0.05, 0) is 25.1 Å². The van der Waals surface area contributed by atoms with Crippen LogP contribution in [0.25, 0.3) is 0 Å². The lowest BCUT2D eigenvalue weighted by Gasteiger charge is -2.07. The van der Waals surface area contributed by atoms with Crippen molar-refractivity contribution in [1.82, 2.24) is 5.32 Å². The van der Waals surface area contributed by atoms with Crippen LogP contribution in [0.2, 0.25) is 0 Å². The van der Waals surface area contributed by atoms with Crippen LogP contribution < -0.4 is 10.6 Å². The van der Waals surface area contributed by atoms with Gasteiger partial charge in [0.25, 0.3) is 5.91 Å². The van der Waals surface area contributed by atoms with Gasteiger partial charge in [-0.3, -0.25) is 14.4 Å². The fourth-order valence-corrected chi connectivity index (χ4v) is 1.41. The number of rotatable bonds is 5. The normalized spacial score (nSPS) is 9.58. The first-order valence-electron chi connectivity index (χ1n) is 5.84. The second-order valence-electron chi connectivity index (χ2n) is 3.75. The summed E-state index contributed by atoms with van der Waals surface area (Å²) in [5.74, 6) is -1.11. The average Bonchev–Trinajstić information content (AvgIpc) is 2.36. The molecular formula is C13H16N2O4. The molecule has 0 aliphatic carbocycles. The van der Waals surface area contributed by atoms with Gasteiger partial charge >= 0.3 is 5.97 Å². The summed E-state index contributed by atoms with van der Waals surface area (Å²) in [6.45, 7) is 3.16. The molecule has 102 valence electrons. The van der Waals surface area contributed by atoms with E-state index in [2.05, 4.69) is 10.6 Å². The molecule has 2 amide bonds. The van der Waals surface area contributed by atoms with Crippen molar-refractivity contribution in [3.63, 3.8) is 0 Å². The molecule has 0 bridgehead atoms. The van der Waals surface area contributed by atoms with E-state index in [4.69, 9.17) is 4.74 Å². The van der Waals surface area contributed by atoms with Crippen LogP contribution >= 0.6 is 0 Å². The maximum Gasteiger partial charge on any atom is 0.325 e. The third-order valence-corrected chi connectivity index (χ3v) is 2.14. The van der Waals surface area contributed by atoms with E-state index in [1.54, 1.807) is 25.1 Å². The Morgan fingerprint density at radius 1 is 1.26 bits per heavy atom.